The van der Waals surface area contributed by atoms with E-state index < -0.39 is 0 Å². The number of piperazine rings is 1. The van der Waals surface area contributed by atoms with E-state index in [4.69, 9.17) is 0 Å². The molecule has 1 aliphatic rings. The second kappa shape index (κ2) is 6.86. The highest BCUT2D eigenvalue weighted by atomic mass is 16.2. The van der Waals surface area contributed by atoms with Crippen molar-refractivity contribution >= 4 is 5.91 Å². The molecular formula is C17H19N7O. The molecule has 0 spiro atoms. The summed E-state index contributed by atoms with van der Waals surface area (Å²) in [6.07, 6.45) is 8.62. The SMILES string of the molecule is O=C(c1cncc(-c2ccn[nH]2)c1)N1CCN(Cc2ncc[nH]2)CC1. The summed E-state index contributed by atoms with van der Waals surface area (Å²) in [6, 6.07) is 3.72. The third kappa shape index (κ3) is 3.43. The molecule has 0 atom stereocenters. The monoisotopic (exact) mass is 337 g/mol. The number of rotatable bonds is 4. The molecule has 0 saturated carbocycles. The van der Waals surface area contributed by atoms with Crippen molar-refractivity contribution in [1.29, 1.82) is 0 Å². The predicted octanol–water partition coefficient (Wildman–Crippen LogP) is 1.15. The van der Waals surface area contributed by atoms with Gasteiger partial charge in [0, 0.05) is 62.7 Å². The van der Waals surface area contributed by atoms with Gasteiger partial charge in [0.25, 0.3) is 5.91 Å². The lowest BCUT2D eigenvalue weighted by Gasteiger charge is -2.34. The molecule has 2 N–H and O–H groups in total. The standard InChI is InChI=1S/C17H19N7O/c25-17(14-9-13(10-18-11-14)15-1-2-21-22-15)24-7-5-23(6-8-24)12-16-19-3-4-20-16/h1-4,9-11H,5-8,12H2,(H,19,20)(H,21,22). The molecule has 0 bridgehead atoms. The van der Waals surface area contributed by atoms with Crippen LogP contribution in [-0.2, 0) is 6.54 Å². The Morgan fingerprint density at radius 1 is 1.16 bits per heavy atom. The first-order valence-electron chi connectivity index (χ1n) is 8.24. The minimum Gasteiger partial charge on any atom is -0.348 e. The molecule has 0 aliphatic carbocycles. The third-order valence-corrected chi connectivity index (χ3v) is 4.38. The number of pyridine rings is 1. The summed E-state index contributed by atoms with van der Waals surface area (Å²) in [4.78, 5) is 28.5. The van der Waals surface area contributed by atoms with Crippen LogP contribution in [0.5, 0.6) is 0 Å². The maximum atomic E-state index is 12.8. The van der Waals surface area contributed by atoms with Crippen LogP contribution in [0.15, 0.2) is 43.1 Å². The Morgan fingerprint density at radius 2 is 2.04 bits per heavy atom. The maximum Gasteiger partial charge on any atom is 0.255 e. The second-order valence-corrected chi connectivity index (χ2v) is 6.04. The van der Waals surface area contributed by atoms with Crippen molar-refractivity contribution in [3.63, 3.8) is 0 Å². The number of carbonyl (C=O) groups is 1. The zero-order valence-electron chi connectivity index (χ0n) is 13.7. The van der Waals surface area contributed by atoms with Crippen molar-refractivity contribution in [3.05, 3.63) is 54.5 Å². The quantitative estimate of drug-likeness (QED) is 0.745. The highest BCUT2D eigenvalue weighted by Gasteiger charge is 2.23. The molecular weight excluding hydrogens is 318 g/mol. The summed E-state index contributed by atoms with van der Waals surface area (Å²) < 4.78 is 0. The molecule has 1 fully saturated rings. The van der Waals surface area contributed by atoms with E-state index in [0.717, 1.165) is 36.7 Å². The Labute approximate surface area is 144 Å². The molecule has 0 radical (unpaired) electrons. The lowest BCUT2D eigenvalue weighted by atomic mass is 10.1. The van der Waals surface area contributed by atoms with Gasteiger partial charge in [0.15, 0.2) is 0 Å². The van der Waals surface area contributed by atoms with Gasteiger partial charge >= 0.3 is 0 Å². The Kier molecular flexibility index (Phi) is 4.26. The van der Waals surface area contributed by atoms with Crippen molar-refractivity contribution in [2.75, 3.05) is 26.2 Å². The molecule has 128 valence electrons. The predicted molar refractivity (Wildman–Crippen MR) is 91.6 cm³/mol. The molecule has 0 aromatic carbocycles. The average molecular weight is 337 g/mol. The van der Waals surface area contributed by atoms with Gasteiger partial charge in [-0.05, 0) is 12.1 Å². The number of hydrogen-bond donors (Lipinski definition) is 2. The van der Waals surface area contributed by atoms with E-state index >= 15 is 0 Å². The number of amides is 1. The van der Waals surface area contributed by atoms with Crippen LogP contribution in [0.2, 0.25) is 0 Å². The highest BCUT2D eigenvalue weighted by Crippen LogP contribution is 2.18. The first kappa shape index (κ1) is 15.5. The Bertz CT molecular complexity index is 821. The summed E-state index contributed by atoms with van der Waals surface area (Å²) in [6.45, 7) is 3.85. The normalized spacial score (nSPS) is 15.4. The van der Waals surface area contributed by atoms with Crippen molar-refractivity contribution in [3.8, 4) is 11.3 Å². The summed E-state index contributed by atoms with van der Waals surface area (Å²) in [5, 5.41) is 6.84. The number of carbonyl (C=O) groups excluding carboxylic acids is 1. The van der Waals surface area contributed by atoms with Gasteiger partial charge in [-0.2, -0.15) is 5.10 Å². The van der Waals surface area contributed by atoms with Crippen LogP contribution in [0.3, 0.4) is 0 Å². The lowest BCUT2D eigenvalue weighted by Crippen LogP contribution is -2.48. The maximum absolute atomic E-state index is 12.8. The number of H-pyrrole nitrogens is 2. The first-order chi connectivity index (χ1) is 12.3. The number of hydrogen-bond acceptors (Lipinski definition) is 5. The number of imidazole rings is 1. The van der Waals surface area contributed by atoms with Crippen LogP contribution in [0.1, 0.15) is 16.2 Å². The van der Waals surface area contributed by atoms with Gasteiger partial charge in [-0.3, -0.25) is 19.8 Å². The van der Waals surface area contributed by atoms with Gasteiger partial charge in [0.2, 0.25) is 0 Å². The highest BCUT2D eigenvalue weighted by molar-refractivity contribution is 5.95. The van der Waals surface area contributed by atoms with E-state index in [1.165, 1.54) is 0 Å². The van der Waals surface area contributed by atoms with Crippen molar-refractivity contribution in [2.45, 2.75) is 6.54 Å². The zero-order chi connectivity index (χ0) is 17.1. The van der Waals surface area contributed by atoms with Gasteiger partial charge in [-0.15, -0.1) is 0 Å². The zero-order valence-corrected chi connectivity index (χ0v) is 13.7. The molecule has 4 rings (SSSR count). The molecule has 3 aromatic rings. The van der Waals surface area contributed by atoms with E-state index in [2.05, 4.69) is 30.0 Å². The largest absolute Gasteiger partial charge is 0.348 e. The molecule has 25 heavy (non-hydrogen) atoms. The van der Waals surface area contributed by atoms with Crippen LogP contribution in [0.25, 0.3) is 11.3 Å². The topological polar surface area (TPSA) is 93.8 Å². The van der Waals surface area contributed by atoms with Gasteiger partial charge in [-0.1, -0.05) is 0 Å². The van der Waals surface area contributed by atoms with E-state index in [9.17, 15) is 4.79 Å². The van der Waals surface area contributed by atoms with Crippen LogP contribution >= 0.6 is 0 Å². The van der Waals surface area contributed by atoms with Crippen LogP contribution < -0.4 is 0 Å². The summed E-state index contributed by atoms with van der Waals surface area (Å²) >= 11 is 0. The van der Waals surface area contributed by atoms with Crippen molar-refractivity contribution in [1.82, 2.24) is 34.9 Å². The molecule has 1 aliphatic heterocycles. The van der Waals surface area contributed by atoms with Crippen molar-refractivity contribution in [2.24, 2.45) is 0 Å². The number of nitrogens with one attached hydrogen (secondary N) is 2. The summed E-state index contributed by atoms with van der Waals surface area (Å²) in [5.41, 5.74) is 2.32. The average Bonchev–Trinajstić information content (AvgIpc) is 3.36. The van der Waals surface area contributed by atoms with Crippen LogP contribution in [-0.4, -0.2) is 67.0 Å². The summed E-state index contributed by atoms with van der Waals surface area (Å²) in [7, 11) is 0. The summed E-state index contributed by atoms with van der Waals surface area (Å²) in [5.74, 6) is 0.975. The smallest absolute Gasteiger partial charge is 0.255 e. The van der Waals surface area contributed by atoms with E-state index in [0.29, 0.717) is 18.7 Å². The van der Waals surface area contributed by atoms with Gasteiger partial charge in [-0.25, -0.2) is 4.98 Å². The fraction of sp³-hybridized carbons (Fsp3) is 0.294. The second-order valence-electron chi connectivity index (χ2n) is 6.04. The van der Waals surface area contributed by atoms with Gasteiger partial charge < -0.3 is 9.88 Å². The van der Waals surface area contributed by atoms with Crippen molar-refractivity contribution < 1.29 is 4.79 Å². The number of aromatic amines is 2. The lowest BCUT2D eigenvalue weighted by molar-refractivity contribution is 0.0625. The van der Waals surface area contributed by atoms with Gasteiger partial charge in [0.05, 0.1) is 17.8 Å². The molecule has 0 unspecified atom stereocenters. The van der Waals surface area contributed by atoms with Crippen LogP contribution in [0.4, 0.5) is 0 Å². The molecule has 1 saturated heterocycles. The van der Waals surface area contributed by atoms with E-state index in [1.807, 2.05) is 23.2 Å². The molecule has 4 heterocycles. The van der Waals surface area contributed by atoms with Gasteiger partial charge in [0.1, 0.15) is 5.82 Å². The number of nitrogens with zero attached hydrogens (tertiary/aromatic N) is 5. The number of aromatic nitrogens is 5. The Hall–Kier alpha value is -3.00. The minimum absolute atomic E-state index is 0.0199. The van der Waals surface area contributed by atoms with Crippen LogP contribution in [0, 0.1) is 0 Å². The molecule has 1 amide bonds. The van der Waals surface area contributed by atoms with E-state index in [1.54, 1.807) is 24.8 Å². The third-order valence-electron chi connectivity index (χ3n) is 4.38. The fourth-order valence-corrected chi connectivity index (χ4v) is 3.01. The van der Waals surface area contributed by atoms with E-state index in [-0.39, 0.29) is 5.91 Å². The molecule has 8 nitrogen and oxygen atoms in total. The first-order valence-corrected chi connectivity index (χ1v) is 8.24. The minimum atomic E-state index is 0.0199. The Balaban J connectivity index is 1.40. The molecule has 3 aromatic heterocycles. The fourth-order valence-electron chi connectivity index (χ4n) is 3.01. The molecule has 8 heteroatoms. The Morgan fingerprint density at radius 3 is 2.76 bits per heavy atom.